The van der Waals surface area contributed by atoms with Gasteiger partial charge < -0.3 is 0 Å². The molecule has 8 heteroatoms. The van der Waals surface area contributed by atoms with Gasteiger partial charge in [-0.2, -0.15) is 0 Å². The normalized spacial score (nSPS) is 7.30. The van der Waals surface area contributed by atoms with Gasteiger partial charge in [-0.15, -0.1) is 0 Å². The van der Waals surface area contributed by atoms with E-state index in [-0.39, 0.29) is 0 Å². The maximum atomic E-state index is 2.27. The fourth-order valence-electron chi connectivity index (χ4n) is 1.21. The number of rotatable bonds is 7. The molecule has 0 radical (unpaired) electrons. The lowest BCUT2D eigenvalue weighted by Crippen LogP contribution is -2.28. The average molecular weight is 125 g/mol. The van der Waals surface area contributed by atoms with E-state index in [2.05, 4.69) is 14.7 Å². The Kier molecular flexibility index (Phi) is 10.0. The van der Waals surface area contributed by atoms with E-state index in [4.69, 9.17) is 0 Å². The molecule has 0 unspecified atom stereocenters. The van der Waals surface area contributed by atoms with Gasteiger partial charge in [-0.05, 0) is 0 Å². The fourth-order valence-corrected chi connectivity index (χ4v) is 1.21. The van der Waals surface area contributed by atoms with E-state index in [1.54, 1.807) is 0 Å². The summed E-state index contributed by atoms with van der Waals surface area (Å²) in [6, 6.07) is 0. The molecular formula is C2H14B8. The van der Waals surface area contributed by atoms with Crippen molar-refractivity contribution in [2.24, 2.45) is 0 Å². The summed E-state index contributed by atoms with van der Waals surface area (Å²) in [4.78, 5) is 0. The largest absolute Gasteiger partial charge is 0.0881 e. The molecule has 0 aromatic heterocycles. The maximum Gasteiger partial charge on any atom is 0.0772 e. The molecule has 0 aliphatic rings. The quantitative estimate of drug-likeness (QED) is 0.237. The molecule has 0 atom stereocenters. The summed E-state index contributed by atoms with van der Waals surface area (Å²) >= 11 is 0. The zero-order valence-corrected chi connectivity index (χ0v) is 7.66. The summed E-state index contributed by atoms with van der Waals surface area (Å²) in [5.41, 5.74) is 0. The average Bonchev–Trinajstić information content (AvgIpc) is 1.97. The van der Waals surface area contributed by atoms with Gasteiger partial charge in [0.05, 0.1) is 14.9 Å². The smallest absolute Gasteiger partial charge is 0.0772 e. The lowest BCUT2D eigenvalue weighted by molar-refractivity contribution is 1.47. The van der Waals surface area contributed by atoms with Crippen molar-refractivity contribution in [1.29, 1.82) is 0 Å². The second-order valence-electron chi connectivity index (χ2n) is 3.12. The van der Waals surface area contributed by atoms with Crippen LogP contribution in [0.15, 0.2) is 0 Å². The van der Waals surface area contributed by atoms with Crippen LogP contribution in [-0.2, 0) is 0 Å². The third kappa shape index (κ3) is 8.52. The van der Waals surface area contributed by atoms with Gasteiger partial charge in [0.15, 0.2) is 0 Å². The predicted molar refractivity (Wildman–Crippen MR) is 69.1 cm³/mol. The minimum absolute atomic E-state index is 1.37. The van der Waals surface area contributed by atoms with Crippen LogP contribution < -0.4 is 0 Å². The summed E-state index contributed by atoms with van der Waals surface area (Å²) < 4.78 is 0. The SMILES string of the molecule is BBBBBBBBCC. The summed E-state index contributed by atoms with van der Waals surface area (Å²) in [6.07, 6.45) is 1.37. The van der Waals surface area contributed by atoms with Crippen LogP contribution in [0.5, 0.6) is 0 Å². The Morgan fingerprint density at radius 2 is 1.60 bits per heavy atom. The highest BCUT2D eigenvalue weighted by Gasteiger charge is 1.96. The molecule has 0 spiro atoms. The molecule has 0 fully saturated rings. The molecule has 0 N–H and O–H groups in total. The van der Waals surface area contributed by atoms with Crippen LogP contribution in [0.2, 0.25) is 6.32 Å². The first-order valence-electron chi connectivity index (χ1n) is 4.91. The summed E-state index contributed by atoms with van der Waals surface area (Å²) in [5.74, 6) is 0. The van der Waals surface area contributed by atoms with Crippen LogP contribution in [0.1, 0.15) is 6.92 Å². The number of hydrogen-bond acceptors (Lipinski definition) is 0. The molecule has 0 rings (SSSR count). The van der Waals surface area contributed by atoms with E-state index in [1.165, 1.54) is 55.9 Å². The van der Waals surface area contributed by atoms with Gasteiger partial charge in [-0.3, -0.25) is 0 Å². The molecule has 0 saturated heterocycles. The third-order valence-electron chi connectivity index (χ3n) is 1.96. The molecule has 0 aromatic rings. The highest BCUT2D eigenvalue weighted by molar-refractivity contribution is 7.64. The molecule has 0 aliphatic heterocycles. The zero-order chi connectivity index (χ0) is 7.66. The van der Waals surface area contributed by atoms with Gasteiger partial charge in [0.1, 0.15) is 0 Å². The summed E-state index contributed by atoms with van der Waals surface area (Å²) in [7, 11) is 12.4. The second-order valence-corrected chi connectivity index (χ2v) is 3.12. The first kappa shape index (κ1) is 10.5. The van der Waals surface area contributed by atoms with Gasteiger partial charge in [-0.25, -0.2) is 0 Å². The standard InChI is InChI=1S/C2H14B8/c1-2-4-6-8-10-9-7-5-3/h4-10H,2-3H2,1H3. The molecule has 46 valence electrons. The predicted octanol–water partition coefficient (Wildman–Crippen LogP) is -4.48. The number of hydrogen-bond donors (Lipinski definition) is 0. The van der Waals surface area contributed by atoms with E-state index in [9.17, 15) is 0 Å². The van der Waals surface area contributed by atoms with Crippen molar-refractivity contribution in [2.75, 3.05) is 0 Å². The Hall–Kier alpha value is 0.519. The van der Waals surface area contributed by atoms with Crippen molar-refractivity contribution < 1.29 is 0 Å². The lowest BCUT2D eigenvalue weighted by atomic mass is 8.92. The maximum absolute atomic E-state index is 2.27. The Balaban J connectivity index is 2.65. The van der Waals surface area contributed by atoms with Crippen molar-refractivity contribution in [3.8, 4) is 0 Å². The summed E-state index contributed by atoms with van der Waals surface area (Å²) in [5, 5.41) is 0. The molecule has 0 saturated carbocycles. The van der Waals surface area contributed by atoms with Crippen molar-refractivity contribution >= 4 is 57.3 Å². The molecule has 0 amide bonds. The van der Waals surface area contributed by atoms with Gasteiger partial charge in [0.25, 0.3) is 0 Å². The van der Waals surface area contributed by atoms with Crippen LogP contribution in [0.4, 0.5) is 0 Å². The van der Waals surface area contributed by atoms with Crippen LogP contribution in [0.25, 0.3) is 0 Å². The van der Waals surface area contributed by atoms with Crippen LogP contribution in [0, 0.1) is 0 Å². The van der Waals surface area contributed by atoms with Gasteiger partial charge >= 0.3 is 0 Å². The molecule has 0 heterocycles. The fraction of sp³-hybridized carbons (Fsp3) is 1.00. The minimum Gasteiger partial charge on any atom is -0.0881 e. The molecule has 10 heavy (non-hydrogen) atoms. The molecule has 0 aromatic carbocycles. The molecular weight excluding hydrogens is 111 g/mol. The Morgan fingerprint density at radius 3 is 2.20 bits per heavy atom. The zero-order valence-electron chi connectivity index (χ0n) is 7.66. The summed E-state index contributed by atoms with van der Waals surface area (Å²) in [6.45, 7) is 2.27. The first-order valence-corrected chi connectivity index (χ1v) is 4.91. The van der Waals surface area contributed by atoms with Crippen molar-refractivity contribution in [3.63, 3.8) is 0 Å². The Labute approximate surface area is 71.0 Å². The van der Waals surface area contributed by atoms with Gasteiger partial charge in [0, 0.05) is 42.4 Å². The molecule has 0 nitrogen and oxygen atoms in total. The highest BCUT2D eigenvalue weighted by Crippen LogP contribution is 1.67. The van der Waals surface area contributed by atoms with Crippen LogP contribution in [0.3, 0.4) is 0 Å². The monoisotopic (exact) mass is 126 g/mol. The van der Waals surface area contributed by atoms with Crippen LogP contribution >= 0.6 is 0 Å². The van der Waals surface area contributed by atoms with Gasteiger partial charge in [0.2, 0.25) is 0 Å². The third-order valence-corrected chi connectivity index (χ3v) is 1.96. The van der Waals surface area contributed by atoms with E-state index < -0.39 is 0 Å². The van der Waals surface area contributed by atoms with Gasteiger partial charge in [-0.1, -0.05) is 13.2 Å². The Bertz CT molecular complexity index is 47.2. The van der Waals surface area contributed by atoms with Crippen molar-refractivity contribution in [3.05, 3.63) is 0 Å². The minimum atomic E-state index is 1.37. The van der Waals surface area contributed by atoms with E-state index in [1.807, 2.05) is 0 Å². The van der Waals surface area contributed by atoms with Crippen LogP contribution in [-0.4, -0.2) is 57.3 Å². The molecule has 0 aliphatic carbocycles. The van der Waals surface area contributed by atoms with E-state index >= 15 is 0 Å². The van der Waals surface area contributed by atoms with E-state index in [0.717, 1.165) is 0 Å². The Morgan fingerprint density at radius 1 is 1.00 bits per heavy atom. The molecule has 0 bridgehead atoms. The lowest BCUT2D eigenvalue weighted by Gasteiger charge is -1.88. The highest BCUT2D eigenvalue weighted by atomic mass is 13.3. The van der Waals surface area contributed by atoms with Crippen molar-refractivity contribution in [1.82, 2.24) is 0 Å². The topological polar surface area (TPSA) is 0 Å². The van der Waals surface area contributed by atoms with E-state index in [0.29, 0.717) is 0 Å². The first-order chi connectivity index (χ1) is 4.91. The second kappa shape index (κ2) is 9.52. The van der Waals surface area contributed by atoms with Crippen molar-refractivity contribution in [2.45, 2.75) is 13.2 Å².